The van der Waals surface area contributed by atoms with Crippen LogP contribution >= 0.6 is 36.2 Å². The molecule has 0 aliphatic heterocycles. The van der Waals surface area contributed by atoms with Crippen LogP contribution in [0.2, 0.25) is 0 Å². The minimum Gasteiger partial charge on any atom is -0.354 e. The number of aromatic nitrogens is 1. The summed E-state index contributed by atoms with van der Waals surface area (Å²) in [6, 6.07) is 0.599. The molecule has 6 nitrogen and oxygen atoms in total. The van der Waals surface area contributed by atoms with E-state index >= 15 is 0 Å². The molecule has 1 aromatic rings. The summed E-state index contributed by atoms with van der Waals surface area (Å²) in [6.45, 7) is 7.00. The van der Waals surface area contributed by atoms with E-state index in [0.29, 0.717) is 23.4 Å². The van der Waals surface area contributed by atoms with E-state index in [-0.39, 0.29) is 43.0 Å². The third-order valence-corrected chi connectivity index (χ3v) is 5.34. The van der Waals surface area contributed by atoms with Gasteiger partial charge in [0.1, 0.15) is 0 Å². The monoisotopic (exact) mass is 452 g/mol. The molecule has 162 valence electrons. The first-order chi connectivity index (χ1) is 12.3. The third kappa shape index (κ3) is 10.0. The number of nitrogens with one attached hydrogen (secondary N) is 3. The quantitative estimate of drug-likeness (QED) is 0.431. The van der Waals surface area contributed by atoms with E-state index in [1.807, 2.05) is 26.2 Å². The number of thiazole rings is 1. The fourth-order valence-electron chi connectivity index (χ4n) is 2.92. The van der Waals surface area contributed by atoms with Gasteiger partial charge in [0.15, 0.2) is 5.13 Å². The number of rotatable bonds is 7. The molecule has 28 heavy (non-hydrogen) atoms. The van der Waals surface area contributed by atoms with Gasteiger partial charge in [0, 0.05) is 29.9 Å². The van der Waals surface area contributed by atoms with Gasteiger partial charge in [0.25, 0.3) is 0 Å². The van der Waals surface area contributed by atoms with Crippen molar-refractivity contribution in [2.24, 2.45) is 5.41 Å². The summed E-state index contributed by atoms with van der Waals surface area (Å²) < 4.78 is 0. The molecule has 1 fully saturated rings. The van der Waals surface area contributed by atoms with Crippen molar-refractivity contribution < 1.29 is 9.59 Å². The molecule has 1 heterocycles. The Bertz CT molecular complexity index is 597. The van der Waals surface area contributed by atoms with Crippen LogP contribution in [-0.4, -0.2) is 35.9 Å². The maximum Gasteiger partial charge on any atom is 0.231 e. The van der Waals surface area contributed by atoms with Crippen molar-refractivity contribution in [2.45, 2.75) is 71.8 Å². The maximum absolute atomic E-state index is 12.0. The molecule has 0 unspecified atom stereocenters. The lowest BCUT2D eigenvalue weighted by molar-refractivity contribution is -0.123. The Labute approximate surface area is 184 Å². The summed E-state index contributed by atoms with van der Waals surface area (Å²) in [5, 5.41) is 11.6. The summed E-state index contributed by atoms with van der Waals surface area (Å²) in [5.41, 5.74) is 0.224. The van der Waals surface area contributed by atoms with Crippen LogP contribution in [-0.2, 0) is 16.0 Å². The standard InChI is InChI=1S/C19H32N4O2S.2ClH/c1-19(2,3)17(25)23-18-22-15(13-26-18)12-16(24)21-11-10-20-14-8-6-4-5-7-9-14;;/h13-14,20H,4-12H2,1-3H3,(H,21,24)(H,22,23,25);2*1H. The fraction of sp³-hybridized carbons (Fsp3) is 0.737. The van der Waals surface area contributed by atoms with E-state index in [1.165, 1.54) is 49.9 Å². The zero-order valence-electron chi connectivity index (χ0n) is 17.0. The van der Waals surface area contributed by atoms with Gasteiger partial charge in [-0.1, -0.05) is 46.5 Å². The molecule has 1 aliphatic rings. The van der Waals surface area contributed by atoms with Gasteiger partial charge in [-0.3, -0.25) is 9.59 Å². The second-order valence-electron chi connectivity index (χ2n) is 8.02. The predicted molar refractivity (Wildman–Crippen MR) is 121 cm³/mol. The van der Waals surface area contributed by atoms with Crippen LogP contribution in [0.15, 0.2) is 5.38 Å². The molecule has 0 aromatic carbocycles. The third-order valence-electron chi connectivity index (χ3n) is 4.53. The van der Waals surface area contributed by atoms with Gasteiger partial charge in [0.05, 0.1) is 12.1 Å². The number of nitrogens with zero attached hydrogens (tertiary/aromatic N) is 1. The average molecular weight is 453 g/mol. The van der Waals surface area contributed by atoms with Crippen LogP contribution in [0, 0.1) is 5.41 Å². The van der Waals surface area contributed by atoms with Gasteiger partial charge < -0.3 is 16.0 Å². The molecule has 0 spiro atoms. The zero-order chi connectivity index (χ0) is 19.0. The van der Waals surface area contributed by atoms with Crippen LogP contribution in [0.5, 0.6) is 0 Å². The number of halogens is 2. The number of carbonyl (C=O) groups excluding carboxylic acids is 2. The lowest BCUT2D eigenvalue weighted by Crippen LogP contribution is -2.37. The summed E-state index contributed by atoms with van der Waals surface area (Å²) >= 11 is 1.35. The first kappa shape index (κ1) is 27.1. The van der Waals surface area contributed by atoms with E-state index < -0.39 is 5.41 Å². The number of hydrogen-bond acceptors (Lipinski definition) is 5. The Morgan fingerprint density at radius 1 is 1.11 bits per heavy atom. The molecule has 1 aliphatic carbocycles. The van der Waals surface area contributed by atoms with Crippen molar-refractivity contribution in [1.29, 1.82) is 0 Å². The molecule has 0 atom stereocenters. The van der Waals surface area contributed by atoms with Gasteiger partial charge in [-0.25, -0.2) is 4.98 Å². The lowest BCUT2D eigenvalue weighted by Gasteiger charge is -2.16. The molecule has 2 rings (SSSR count). The highest BCUT2D eigenvalue weighted by Crippen LogP contribution is 2.20. The number of hydrogen-bond donors (Lipinski definition) is 3. The molecule has 0 radical (unpaired) electrons. The molecular formula is C19H34Cl2N4O2S. The zero-order valence-corrected chi connectivity index (χ0v) is 19.5. The average Bonchev–Trinajstić information content (AvgIpc) is 2.83. The van der Waals surface area contributed by atoms with Crippen LogP contribution in [0.3, 0.4) is 0 Å². The molecule has 0 saturated heterocycles. The van der Waals surface area contributed by atoms with Crippen LogP contribution in [0.4, 0.5) is 5.13 Å². The number of amides is 2. The molecule has 1 aromatic heterocycles. The number of anilines is 1. The van der Waals surface area contributed by atoms with Gasteiger partial charge in [-0.2, -0.15) is 0 Å². The molecular weight excluding hydrogens is 419 g/mol. The van der Waals surface area contributed by atoms with E-state index in [0.717, 1.165) is 6.54 Å². The summed E-state index contributed by atoms with van der Waals surface area (Å²) in [5.74, 6) is -0.112. The Morgan fingerprint density at radius 3 is 2.36 bits per heavy atom. The molecule has 0 bridgehead atoms. The second-order valence-corrected chi connectivity index (χ2v) is 8.88. The molecule has 1 saturated carbocycles. The first-order valence-electron chi connectivity index (χ1n) is 9.60. The highest BCUT2D eigenvalue weighted by atomic mass is 35.5. The van der Waals surface area contributed by atoms with Crippen LogP contribution < -0.4 is 16.0 Å². The van der Waals surface area contributed by atoms with Crippen molar-refractivity contribution >= 4 is 53.1 Å². The normalized spacial score (nSPS) is 15.0. The largest absolute Gasteiger partial charge is 0.354 e. The summed E-state index contributed by atoms with van der Waals surface area (Å²) in [4.78, 5) is 28.3. The highest BCUT2D eigenvalue weighted by molar-refractivity contribution is 7.13. The first-order valence-corrected chi connectivity index (χ1v) is 10.5. The molecule has 2 amide bonds. The molecule has 3 N–H and O–H groups in total. The SMILES string of the molecule is CC(C)(C)C(=O)Nc1nc(CC(=O)NCCNC2CCCCCC2)cs1.Cl.Cl. The lowest BCUT2D eigenvalue weighted by atomic mass is 9.96. The van der Waals surface area contributed by atoms with Gasteiger partial charge in [-0.05, 0) is 12.8 Å². The van der Waals surface area contributed by atoms with Crippen LogP contribution in [0.1, 0.15) is 65.0 Å². The van der Waals surface area contributed by atoms with Crippen molar-refractivity contribution in [3.8, 4) is 0 Å². The fourth-order valence-corrected chi connectivity index (χ4v) is 3.62. The predicted octanol–water partition coefficient (Wildman–Crippen LogP) is 3.94. The van der Waals surface area contributed by atoms with E-state index in [4.69, 9.17) is 0 Å². The van der Waals surface area contributed by atoms with Crippen molar-refractivity contribution in [2.75, 3.05) is 18.4 Å². The van der Waals surface area contributed by atoms with E-state index in [9.17, 15) is 9.59 Å². The van der Waals surface area contributed by atoms with Crippen molar-refractivity contribution in [3.63, 3.8) is 0 Å². The Morgan fingerprint density at radius 2 is 1.75 bits per heavy atom. The van der Waals surface area contributed by atoms with E-state index in [2.05, 4.69) is 20.9 Å². The Hall–Kier alpha value is -0.890. The number of carbonyl (C=O) groups is 2. The van der Waals surface area contributed by atoms with Crippen molar-refractivity contribution in [3.05, 3.63) is 11.1 Å². The Kier molecular flexibility index (Phi) is 12.9. The molecule has 9 heteroatoms. The highest BCUT2D eigenvalue weighted by Gasteiger charge is 2.22. The smallest absolute Gasteiger partial charge is 0.231 e. The Balaban J connectivity index is 0.00000364. The minimum atomic E-state index is -0.465. The minimum absolute atomic E-state index is 0. The van der Waals surface area contributed by atoms with Crippen LogP contribution in [0.25, 0.3) is 0 Å². The van der Waals surface area contributed by atoms with Gasteiger partial charge >= 0.3 is 0 Å². The topological polar surface area (TPSA) is 83.1 Å². The summed E-state index contributed by atoms with van der Waals surface area (Å²) in [7, 11) is 0. The van der Waals surface area contributed by atoms with Gasteiger partial charge in [-0.15, -0.1) is 36.2 Å². The second kappa shape index (κ2) is 13.4. The maximum atomic E-state index is 12.0. The summed E-state index contributed by atoms with van der Waals surface area (Å²) in [6.07, 6.45) is 8.04. The van der Waals surface area contributed by atoms with Crippen molar-refractivity contribution in [1.82, 2.24) is 15.6 Å². The van der Waals surface area contributed by atoms with Gasteiger partial charge in [0.2, 0.25) is 11.8 Å². The van der Waals surface area contributed by atoms with E-state index in [1.54, 1.807) is 0 Å².